The third-order valence-electron chi connectivity index (χ3n) is 4.24. The molecule has 3 rings (SSSR count). The third kappa shape index (κ3) is 4.46. The highest BCUT2D eigenvalue weighted by atomic mass is 35.5. The van der Waals surface area contributed by atoms with E-state index in [1.165, 1.54) is 4.90 Å². The predicted molar refractivity (Wildman–Crippen MR) is 109 cm³/mol. The van der Waals surface area contributed by atoms with Crippen molar-refractivity contribution in [3.63, 3.8) is 0 Å². The summed E-state index contributed by atoms with van der Waals surface area (Å²) in [4.78, 5) is 31.2. The number of amides is 1. The lowest BCUT2D eigenvalue weighted by molar-refractivity contribution is -0.138. The molecule has 1 unspecified atom stereocenters. The number of carbonyl (C=O) groups excluding carboxylic acids is 2. The number of aromatic nitrogens is 3. The lowest BCUT2D eigenvalue weighted by Gasteiger charge is -2.21. The minimum absolute atomic E-state index is 0.0794. The monoisotopic (exact) mass is 412 g/mol. The summed E-state index contributed by atoms with van der Waals surface area (Å²) in [6.07, 6.45) is -1.10. The number of halogens is 1. The van der Waals surface area contributed by atoms with Crippen LogP contribution in [0.25, 0.3) is 5.82 Å². The molecule has 8 heteroatoms. The molecule has 0 saturated heterocycles. The number of benzene rings is 1. The molecule has 1 atom stereocenters. The first-order valence-corrected chi connectivity index (χ1v) is 9.33. The van der Waals surface area contributed by atoms with Gasteiger partial charge in [-0.15, -0.1) is 0 Å². The van der Waals surface area contributed by atoms with Crippen LogP contribution in [0.15, 0.2) is 48.5 Å². The Morgan fingerprint density at radius 1 is 1.10 bits per heavy atom. The lowest BCUT2D eigenvalue weighted by Crippen LogP contribution is -2.31. The molecule has 0 spiro atoms. The minimum Gasteiger partial charge on any atom is -0.443 e. The Morgan fingerprint density at radius 3 is 2.38 bits per heavy atom. The van der Waals surface area contributed by atoms with Crippen molar-refractivity contribution >= 4 is 23.5 Å². The molecule has 1 amide bonds. The van der Waals surface area contributed by atoms with Gasteiger partial charge in [0.15, 0.2) is 11.5 Å². The molecule has 150 valence electrons. The Balaban J connectivity index is 1.95. The average molecular weight is 413 g/mol. The number of esters is 1. The molecule has 0 radical (unpaired) electrons. The second kappa shape index (κ2) is 8.45. The number of carbonyl (C=O) groups is 2. The largest absolute Gasteiger partial charge is 0.443 e. The van der Waals surface area contributed by atoms with Gasteiger partial charge in [0.25, 0.3) is 5.91 Å². The normalized spacial score (nSPS) is 11.8. The fourth-order valence-corrected chi connectivity index (χ4v) is 3.02. The highest BCUT2D eigenvalue weighted by molar-refractivity contribution is 6.33. The van der Waals surface area contributed by atoms with Crippen molar-refractivity contribution in [2.75, 3.05) is 14.1 Å². The fourth-order valence-electron chi connectivity index (χ4n) is 2.84. The van der Waals surface area contributed by atoms with Crippen molar-refractivity contribution in [3.05, 3.63) is 76.2 Å². The van der Waals surface area contributed by atoms with E-state index in [4.69, 9.17) is 16.3 Å². The smallest absolute Gasteiger partial charge is 0.359 e. The Labute approximate surface area is 173 Å². The number of hydrogen-bond donors (Lipinski definition) is 0. The van der Waals surface area contributed by atoms with Crippen molar-refractivity contribution < 1.29 is 14.3 Å². The molecule has 3 aromatic rings. The predicted octanol–water partition coefficient (Wildman–Crippen LogP) is 3.52. The molecule has 7 nitrogen and oxygen atoms in total. The summed E-state index contributed by atoms with van der Waals surface area (Å²) in [6, 6.07) is 13.9. The highest BCUT2D eigenvalue weighted by Crippen LogP contribution is 2.24. The van der Waals surface area contributed by atoms with Crippen LogP contribution in [-0.2, 0) is 9.53 Å². The molecule has 0 aliphatic heterocycles. The summed E-state index contributed by atoms with van der Waals surface area (Å²) in [5, 5.41) is 4.50. The van der Waals surface area contributed by atoms with Crippen LogP contribution in [0.3, 0.4) is 0 Å². The summed E-state index contributed by atoms with van der Waals surface area (Å²) in [5.41, 5.74) is 2.17. The zero-order valence-corrected chi connectivity index (χ0v) is 17.3. The Morgan fingerprint density at radius 2 is 1.79 bits per heavy atom. The van der Waals surface area contributed by atoms with Gasteiger partial charge in [-0.2, -0.15) is 5.10 Å². The Kier molecular flexibility index (Phi) is 5.98. The van der Waals surface area contributed by atoms with Gasteiger partial charge < -0.3 is 9.64 Å². The van der Waals surface area contributed by atoms with E-state index in [1.54, 1.807) is 55.2 Å². The number of aryl methyl sites for hydroxylation is 2. The van der Waals surface area contributed by atoms with Crippen molar-refractivity contribution in [3.8, 4) is 5.82 Å². The number of rotatable bonds is 5. The van der Waals surface area contributed by atoms with Gasteiger partial charge in [0.2, 0.25) is 6.10 Å². The molecule has 0 fully saturated rings. The van der Waals surface area contributed by atoms with E-state index >= 15 is 0 Å². The summed E-state index contributed by atoms with van der Waals surface area (Å²) >= 11 is 6.21. The van der Waals surface area contributed by atoms with Crippen LogP contribution in [0, 0.1) is 13.8 Å². The topological polar surface area (TPSA) is 77.3 Å². The van der Waals surface area contributed by atoms with E-state index in [0.717, 1.165) is 11.4 Å². The van der Waals surface area contributed by atoms with Gasteiger partial charge in [0.1, 0.15) is 0 Å². The maximum atomic E-state index is 12.9. The minimum atomic E-state index is -1.10. The molecule has 2 aromatic heterocycles. The number of nitrogens with zero attached hydrogens (tertiary/aromatic N) is 4. The molecule has 2 heterocycles. The van der Waals surface area contributed by atoms with Gasteiger partial charge in [-0.3, -0.25) is 4.79 Å². The zero-order valence-electron chi connectivity index (χ0n) is 16.6. The number of likely N-dealkylation sites (N-methyl/N-ethyl adjacent to an activating group) is 1. The van der Waals surface area contributed by atoms with Gasteiger partial charge in [0, 0.05) is 25.4 Å². The van der Waals surface area contributed by atoms with E-state index in [1.807, 2.05) is 26.0 Å². The molecule has 0 aliphatic rings. The van der Waals surface area contributed by atoms with Crippen LogP contribution in [0.1, 0.15) is 33.5 Å². The van der Waals surface area contributed by atoms with E-state index in [0.29, 0.717) is 11.4 Å². The van der Waals surface area contributed by atoms with Gasteiger partial charge in [-0.25, -0.2) is 14.5 Å². The van der Waals surface area contributed by atoms with E-state index < -0.39 is 12.1 Å². The molecule has 0 aliphatic carbocycles. The Hall–Kier alpha value is -3.19. The van der Waals surface area contributed by atoms with Crippen LogP contribution in [0.4, 0.5) is 0 Å². The summed E-state index contributed by atoms with van der Waals surface area (Å²) in [5.74, 6) is -0.722. The second-order valence-electron chi connectivity index (χ2n) is 6.77. The summed E-state index contributed by atoms with van der Waals surface area (Å²) in [7, 11) is 3.20. The summed E-state index contributed by atoms with van der Waals surface area (Å²) < 4.78 is 7.16. The van der Waals surface area contributed by atoms with Gasteiger partial charge in [-0.1, -0.05) is 41.9 Å². The molecule has 0 saturated carbocycles. The number of hydrogen-bond acceptors (Lipinski definition) is 5. The molecule has 0 bridgehead atoms. The van der Waals surface area contributed by atoms with E-state index in [2.05, 4.69) is 10.1 Å². The first-order valence-electron chi connectivity index (χ1n) is 8.95. The SMILES string of the molecule is Cc1cc(C)n(-c2ccc(Cl)c(C(=O)OC(C(=O)N(C)C)c3ccccc3)n2)n1. The van der Waals surface area contributed by atoms with Crippen LogP contribution >= 0.6 is 11.6 Å². The molecule has 1 aromatic carbocycles. The Bertz CT molecular complexity index is 1050. The van der Waals surface area contributed by atoms with Crippen molar-refractivity contribution in [2.24, 2.45) is 0 Å². The van der Waals surface area contributed by atoms with Crippen molar-refractivity contribution in [1.29, 1.82) is 0 Å². The first-order chi connectivity index (χ1) is 13.8. The molecule has 29 heavy (non-hydrogen) atoms. The van der Waals surface area contributed by atoms with Crippen molar-refractivity contribution in [1.82, 2.24) is 19.7 Å². The molecular formula is C21H21ClN4O3. The summed E-state index contributed by atoms with van der Waals surface area (Å²) in [6.45, 7) is 3.75. The maximum absolute atomic E-state index is 12.9. The molecular weight excluding hydrogens is 392 g/mol. The van der Waals surface area contributed by atoms with Gasteiger partial charge in [-0.05, 0) is 32.0 Å². The van der Waals surface area contributed by atoms with Crippen LogP contribution in [0.5, 0.6) is 0 Å². The highest BCUT2D eigenvalue weighted by Gasteiger charge is 2.28. The van der Waals surface area contributed by atoms with Crippen LogP contribution in [-0.4, -0.2) is 45.6 Å². The van der Waals surface area contributed by atoms with E-state index in [-0.39, 0.29) is 16.6 Å². The number of pyridine rings is 1. The van der Waals surface area contributed by atoms with Crippen molar-refractivity contribution in [2.45, 2.75) is 20.0 Å². The maximum Gasteiger partial charge on any atom is 0.359 e. The van der Waals surface area contributed by atoms with Crippen LogP contribution < -0.4 is 0 Å². The van der Waals surface area contributed by atoms with Gasteiger partial charge >= 0.3 is 5.97 Å². The first kappa shape index (κ1) is 20.5. The third-order valence-corrected chi connectivity index (χ3v) is 4.55. The van der Waals surface area contributed by atoms with Crippen LogP contribution in [0.2, 0.25) is 5.02 Å². The van der Waals surface area contributed by atoms with E-state index in [9.17, 15) is 9.59 Å². The fraction of sp³-hybridized carbons (Fsp3) is 0.238. The molecule has 0 N–H and O–H groups in total. The quantitative estimate of drug-likeness (QED) is 0.599. The zero-order chi connectivity index (χ0) is 21.1. The average Bonchev–Trinajstić information content (AvgIpc) is 3.04. The lowest BCUT2D eigenvalue weighted by atomic mass is 10.1. The van der Waals surface area contributed by atoms with Gasteiger partial charge in [0.05, 0.1) is 10.7 Å². The number of ether oxygens (including phenoxy) is 1. The second-order valence-corrected chi connectivity index (χ2v) is 7.17. The standard InChI is InChI=1S/C21H21ClN4O3/c1-13-12-14(2)26(24-13)17-11-10-16(22)18(23-17)21(28)29-19(20(27)25(3)4)15-8-6-5-7-9-15/h5-12,19H,1-4H3.